The number of fused-ring (bicyclic) bond motifs is 1. The molecule has 0 saturated carbocycles. The van der Waals surface area contributed by atoms with Gasteiger partial charge in [-0.05, 0) is 42.3 Å². The normalized spacial score (nSPS) is 17.3. The van der Waals surface area contributed by atoms with E-state index in [1.54, 1.807) is 0 Å². The number of hydrogen-bond acceptors (Lipinski definition) is 2. The molecule has 1 aliphatic rings. The lowest BCUT2D eigenvalue weighted by atomic mass is 10.0. The van der Waals surface area contributed by atoms with Gasteiger partial charge >= 0.3 is 0 Å². The largest absolute Gasteiger partial charge is 0.384 e. The highest BCUT2D eigenvalue weighted by atomic mass is 79.9. The number of benzene rings is 2. The van der Waals surface area contributed by atoms with Gasteiger partial charge in [0.15, 0.2) is 0 Å². The second kappa shape index (κ2) is 5.59. The van der Waals surface area contributed by atoms with Gasteiger partial charge in [0.2, 0.25) is 0 Å². The maximum atomic E-state index is 3.59. The van der Waals surface area contributed by atoms with E-state index >= 15 is 0 Å². The smallest absolute Gasteiger partial charge is 0.0370 e. The maximum absolute atomic E-state index is 3.59. The van der Waals surface area contributed by atoms with Crippen LogP contribution in [0.4, 0.5) is 5.69 Å². The Kier molecular flexibility index (Phi) is 3.85. The summed E-state index contributed by atoms with van der Waals surface area (Å²) in [6.45, 7) is 3.15. The lowest BCUT2D eigenvalue weighted by molar-refractivity contribution is 0.818. The van der Waals surface area contributed by atoms with E-state index in [1.165, 1.54) is 27.5 Å². The van der Waals surface area contributed by atoms with Crippen molar-refractivity contribution in [2.24, 2.45) is 0 Å². The van der Waals surface area contributed by atoms with Crippen LogP contribution in [-0.4, -0.2) is 12.3 Å². The molecule has 1 aliphatic heterocycles. The molecule has 3 rings (SSSR count). The summed E-state index contributed by atoms with van der Waals surface area (Å²) in [5.74, 6) is 1.80. The molecule has 3 heteroatoms. The van der Waals surface area contributed by atoms with Crippen LogP contribution in [0.2, 0.25) is 0 Å². The second-order valence-corrected chi connectivity index (χ2v) is 6.86. The van der Waals surface area contributed by atoms with E-state index in [0.717, 1.165) is 11.0 Å². The van der Waals surface area contributed by atoms with Crippen molar-refractivity contribution in [3.8, 4) is 0 Å². The molecule has 0 fully saturated rings. The lowest BCUT2D eigenvalue weighted by Gasteiger charge is -2.15. The summed E-state index contributed by atoms with van der Waals surface area (Å²) >= 11 is 5.47. The second-order valence-electron chi connectivity index (χ2n) is 4.89. The molecule has 0 aromatic heterocycles. The van der Waals surface area contributed by atoms with Crippen LogP contribution in [0, 0.1) is 6.92 Å². The quantitative estimate of drug-likeness (QED) is 0.842. The molecule has 0 radical (unpaired) electrons. The van der Waals surface area contributed by atoms with Crippen molar-refractivity contribution in [3.05, 3.63) is 58.1 Å². The van der Waals surface area contributed by atoms with E-state index < -0.39 is 0 Å². The van der Waals surface area contributed by atoms with E-state index in [-0.39, 0.29) is 0 Å². The zero-order valence-corrected chi connectivity index (χ0v) is 13.2. The molecule has 2 aromatic carbocycles. The highest BCUT2D eigenvalue weighted by Crippen LogP contribution is 2.39. The van der Waals surface area contributed by atoms with Crippen LogP contribution < -0.4 is 5.32 Å². The fraction of sp³-hybridized carbons (Fsp3) is 0.250. The Morgan fingerprint density at radius 1 is 1.26 bits per heavy atom. The third-order valence-electron chi connectivity index (χ3n) is 3.53. The SMILES string of the molecule is Cc1cc(Br)ccc1NCC1CSc2ccccc21. The Hall–Kier alpha value is -0.930. The average Bonchev–Trinajstić information content (AvgIpc) is 2.81. The van der Waals surface area contributed by atoms with Crippen molar-refractivity contribution in [2.45, 2.75) is 17.7 Å². The molecule has 2 aromatic rings. The van der Waals surface area contributed by atoms with Gasteiger partial charge in [0.25, 0.3) is 0 Å². The summed E-state index contributed by atoms with van der Waals surface area (Å²) in [4.78, 5) is 1.45. The van der Waals surface area contributed by atoms with Crippen molar-refractivity contribution in [1.82, 2.24) is 0 Å². The first-order chi connectivity index (χ1) is 9.24. The molecule has 19 heavy (non-hydrogen) atoms. The van der Waals surface area contributed by atoms with Crippen LogP contribution >= 0.6 is 27.7 Å². The Morgan fingerprint density at radius 2 is 2.11 bits per heavy atom. The number of hydrogen-bond donors (Lipinski definition) is 1. The predicted octanol–water partition coefficient (Wildman–Crippen LogP) is 5.06. The van der Waals surface area contributed by atoms with E-state index in [2.05, 4.69) is 70.6 Å². The summed E-state index contributed by atoms with van der Waals surface area (Å²) in [5.41, 5.74) is 4.01. The minimum absolute atomic E-state index is 0.615. The molecule has 1 N–H and O–H groups in total. The molecule has 0 saturated heterocycles. The van der Waals surface area contributed by atoms with Gasteiger partial charge in [-0.1, -0.05) is 34.1 Å². The lowest BCUT2D eigenvalue weighted by Crippen LogP contribution is -2.12. The molecule has 0 aliphatic carbocycles. The summed E-state index contributed by atoms with van der Waals surface area (Å²) < 4.78 is 1.14. The Morgan fingerprint density at radius 3 is 2.95 bits per heavy atom. The van der Waals surface area contributed by atoms with E-state index in [4.69, 9.17) is 0 Å². The number of rotatable bonds is 3. The summed E-state index contributed by atoms with van der Waals surface area (Å²) in [6, 6.07) is 15.1. The van der Waals surface area contributed by atoms with Crippen molar-refractivity contribution < 1.29 is 0 Å². The highest BCUT2D eigenvalue weighted by Gasteiger charge is 2.22. The third kappa shape index (κ3) is 2.82. The highest BCUT2D eigenvalue weighted by molar-refractivity contribution is 9.10. The van der Waals surface area contributed by atoms with E-state index in [0.29, 0.717) is 5.92 Å². The first kappa shape index (κ1) is 13.1. The number of aryl methyl sites for hydroxylation is 1. The fourth-order valence-electron chi connectivity index (χ4n) is 2.46. The third-order valence-corrected chi connectivity index (χ3v) is 5.27. The number of nitrogens with one attached hydrogen (secondary N) is 1. The van der Waals surface area contributed by atoms with Gasteiger partial charge in [-0.2, -0.15) is 0 Å². The van der Waals surface area contributed by atoms with Crippen molar-refractivity contribution in [2.75, 3.05) is 17.6 Å². The van der Waals surface area contributed by atoms with Crippen LogP contribution in [-0.2, 0) is 0 Å². The Bertz CT molecular complexity index is 597. The first-order valence-electron chi connectivity index (χ1n) is 6.46. The zero-order chi connectivity index (χ0) is 13.2. The van der Waals surface area contributed by atoms with Gasteiger partial charge in [0, 0.05) is 33.3 Å². The number of halogens is 1. The van der Waals surface area contributed by atoms with Crippen molar-refractivity contribution in [1.29, 1.82) is 0 Å². The van der Waals surface area contributed by atoms with Gasteiger partial charge in [-0.15, -0.1) is 11.8 Å². The molecule has 1 atom stereocenters. The minimum atomic E-state index is 0.615. The number of thioether (sulfide) groups is 1. The van der Waals surface area contributed by atoms with Crippen LogP contribution in [0.1, 0.15) is 17.0 Å². The van der Waals surface area contributed by atoms with Gasteiger partial charge in [0.1, 0.15) is 0 Å². The summed E-state index contributed by atoms with van der Waals surface area (Å²) in [7, 11) is 0. The van der Waals surface area contributed by atoms with Crippen molar-refractivity contribution in [3.63, 3.8) is 0 Å². The van der Waals surface area contributed by atoms with E-state index in [9.17, 15) is 0 Å². The van der Waals surface area contributed by atoms with Gasteiger partial charge in [0.05, 0.1) is 0 Å². The molecular formula is C16H16BrNS. The standard InChI is InChI=1S/C16H16BrNS/c1-11-8-13(17)6-7-15(11)18-9-12-10-19-16-5-3-2-4-14(12)16/h2-8,12,18H,9-10H2,1H3. The van der Waals surface area contributed by atoms with Crippen molar-refractivity contribution >= 4 is 33.4 Å². The van der Waals surface area contributed by atoms with Crippen LogP contribution in [0.5, 0.6) is 0 Å². The van der Waals surface area contributed by atoms with Gasteiger partial charge in [-0.3, -0.25) is 0 Å². The molecular weight excluding hydrogens is 318 g/mol. The topological polar surface area (TPSA) is 12.0 Å². The molecule has 98 valence electrons. The first-order valence-corrected chi connectivity index (χ1v) is 8.23. The average molecular weight is 334 g/mol. The number of anilines is 1. The Balaban J connectivity index is 1.71. The molecule has 0 bridgehead atoms. The molecule has 1 heterocycles. The zero-order valence-electron chi connectivity index (χ0n) is 10.8. The fourth-order valence-corrected chi connectivity index (χ4v) is 4.19. The predicted molar refractivity (Wildman–Crippen MR) is 87.3 cm³/mol. The minimum Gasteiger partial charge on any atom is -0.384 e. The monoisotopic (exact) mass is 333 g/mol. The molecule has 1 nitrogen and oxygen atoms in total. The van der Waals surface area contributed by atoms with Crippen LogP contribution in [0.15, 0.2) is 51.8 Å². The van der Waals surface area contributed by atoms with Crippen LogP contribution in [0.25, 0.3) is 0 Å². The Labute approximate surface area is 126 Å². The summed E-state index contributed by atoms with van der Waals surface area (Å²) in [6.07, 6.45) is 0. The molecule has 0 amide bonds. The maximum Gasteiger partial charge on any atom is 0.0370 e. The van der Waals surface area contributed by atoms with E-state index in [1.807, 2.05) is 11.8 Å². The van der Waals surface area contributed by atoms with Gasteiger partial charge in [-0.25, -0.2) is 0 Å². The molecule has 0 spiro atoms. The summed E-state index contributed by atoms with van der Waals surface area (Å²) in [5, 5.41) is 3.59. The van der Waals surface area contributed by atoms with Crippen LogP contribution in [0.3, 0.4) is 0 Å². The molecule has 1 unspecified atom stereocenters. The van der Waals surface area contributed by atoms with Gasteiger partial charge < -0.3 is 5.32 Å².